The molecule has 0 radical (unpaired) electrons. The molecule has 1 aliphatic carbocycles. The van der Waals surface area contributed by atoms with Crippen LogP contribution < -0.4 is 0 Å². The van der Waals surface area contributed by atoms with Crippen LogP contribution in [0.2, 0.25) is 0 Å². The van der Waals surface area contributed by atoms with Crippen molar-refractivity contribution in [2.24, 2.45) is 5.92 Å². The molecule has 0 aromatic heterocycles. The number of hydrogen-bond donors (Lipinski definition) is 0. The zero-order valence-corrected chi connectivity index (χ0v) is 10.6. The summed E-state index contributed by atoms with van der Waals surface area (Å²) < 4.78 is 0. The SMILES string of the molecule is CCC1CCCCCCCCC(=O)C1Cl. The first-order chi connectivity index (χ1) is 7.25. The van der Waals surface area contributed by atoms with Crippen LogP contribution in [0.4, 0.5) is 0 Å². The summed E-state index contributed by atoms with van der Waals surface area (Å²) in [5.41, 5.74) is 0. The van der Waals surface area contributed by atoms with Gasteiger partial charge in [0.05, 0.1) is 5.38 Å². The predicted molar refractivity (Wildman–Crippen MR) is 65.4 cm³/mol. The molecule has 0 heterocycles. The maximum atomic E-state index is 11.8. The van der Waals surface area contributed by atoms with Gasteiger partial charge < -0.3 is 0 Å². The van der Waals surface area contributed by atoms with E-state index in [0.29, 0.717) is 12.3 Å². The average molecular weight is 231 g/mol. The lowest BCUT2D eigenvalue weighted by atomic mass is 9.92. The Labute approximate surface area is 98.6 Å². The molecule has 2 unspecified atom stereocenters. The van der Waals surface area contributed by atoms with Crippen molar-refractivity contribution in [3.8, 4) is 0 Å². The molecular weight excluding hydrogens is 208 g/mol. The van der Waals surface area contributed by atoms with Crippen molar-refractivity contribution in [2.45, 2.75) is 70.1 Å². The molecule has 0 amide bonds. The number of ketones is 1. The Hall–Kier alpha value is -0.0400. The Balaban J connectivity index is 2.51. The molecule has 1 rings (SSSR count). The van der Waals surface area contributed by atoms with Crippen LogP contribution in [-0.4, -0.2) is 11.2 Å². The summed E-state index contributed by atoms with van der Waals surface area (Å²) in [7, 11) is 0. The first-order valence-electron chi connectivity index (χ1n) is 6.42. The van der Waals surface area contributed by atoms with Gasteiger partial charge in [-0.15, -0.1) is 11.6 Å². The van der Waals surface area contributed by atoms with E-state index in [2.05, 4.69) is 6.92 Å². The lowest BCUT2D eigenvalue weighted by Gasteiger charge is -2.19. The van der Waals surface area contributed by atoms with E-state index >= 15 is 0 Å². The Morgan fingerprint density at radius 2 is 1.73 bits per heavy atom. The average Bonchev–Trinajstić information content (AvgIpc) is 2.28. The highest BCUT2D eigenvalue weighted by Crippen LogP contribution is 2.25. The normalized spacial score (nSPS) is 30.9. The molecule has 1 nitrogen and oxygen atoms in total. The Kier molecular flexibility index (Phi) is 6.31. The van der Waals surface area contributed by atoms with Crippen molar-refractivity contribution in [1.82, 2.24) is 0 Å². The Morgan fingerprint density at radius 1 is 1.13 bits per heavy atom. The molecular formula is C13H23ClO. The van der Waals surface area contributed by atoms with Gasteiger partial charge in [-0.3, -0.25) is 4.79 Å². The van der Waals surface area contributed by atoms with Crippen molar-refractivity contribution >= 4 is 17.4 Å². The van der Waals surface area contributed by atoms with E-state index in [1.54, 1.807) is 0 Å². The number of rotatable bonds is 1. The van der Waals surface area contributed by atoms with Crippen LogP contribution in [0.15, 0.2) is 0 Å². The molecule has 0 aromatic rings. The van der Waals surface area contributed by atoms with Gasteiger partial charge in [-0.2, -0.15) is 0 Å². The van der Waals surface area contributed by atoms with E-state index in [-0.39, 0.29) is 11.2 Å². The van der Waals surface area contributed by atoms with Gasteiger partial charge in [0.1, 0.15) is 0 Å². The number of carbonyl (C=O) groups is 1. The van der Waals surface area contributed by atoms with Crippen LogP contribution in [0.25, 0.3) is 0 Å². The molecule has 2 atom stereocenters. The summed E-state index contributed by atoms with van der Waals surface area (Å²) in [6, 6.07) is 0. The van der Waals surface area contributed by atoms with E-state index in [9.17, 15) is 4.79 Å². The number of Topliss-reactive ketones (excluding diaryl/α,β-unsaturated/α-hetero) is 1. The minimum absolute atomic E-state index is 0.215. The van der Waals surface area contributed by atoms with Gasteiger partial charge in [0, 0.05) is 6.42 Å². The van der Waals surface area contributed by atoms with E-state index in [0.717, 1.165) is 19.3 Å². The third-order valence-electron chi connectivity index (χ3n) is 3.49. The van der Waals surface area contributed by atoms with Gasteiger partial charge in [0.25, 0.3) is 0 Å². The molecule has 0 aliphatic heterocycles. The zero-order chi connectivity index (χ0) is 11.1. The summed E-state index contributed by atoms with van der Waals surface area (Å²) in [6.45, 7) is 2.15. The lowest BCUT2D eigenvalue weighted by Crippen LogP contribution is -2.24. The smallest absolute Gasteiger partial charge is 0.150 e. The number of carbonyl (C=O) groups excluding carboxylic acids is 1. The van der Waals surface area contributed by atoms with Gasteiger partial charge in [-0.1, -0.05) is 45.4 Å². The van der Waals surface area contributed by atoms with E-state index in [4.69, 9.17) is 11.6 Å². The van der Waals surface area contributed by atoms with Crippen molar-refractivity contribution in [2.75, 3.05) is 0 Å². The molecule has 1 fully saturated rings. The second kappa shape index (κ2) is 7.27. The molecule has 1 saturated carbocycles. The molecule has 0 bridgehead atoms. The van der Waals surface area contributed by atoms with Gasteiger partial charge in [0.15, 0.2) is 5.78 Å². The van der Waals surface area contributed by atoms with Crippen molar-refractivity contribution in [3.63, 3.8) is 0 Å². The lowest BCUT2D eigenvalue weighted by molar-refractivity contribution is -0.119. The predicted octanol–water partition coefficient (Wildman–Crippen LogP) is 4.32. The monoisotopic (exact) mass is 230 g/mol. The second-order valence-corrected chi connectivity index (χ2v) is 5.17. The third-order valence-corrected chi connectivity index (χ3v) is 4.09. The fourth-order valence-electron chi connectivity index (χ4n) is 2.37. The summed E-state index contributed by atoms with van der Waals surface area (Å²) >= 11 is 6.24. The largest absolute Gasteiger partial charge is 0.298 e. The molecule has 88 valence electrons. The first-order valence-corrected chi connectivity index (χ1v) is 6.86. The molecule has 1 aliphatic rings. The molecule has 0 aromatic carbocycles. The van der Waals surface area contributed by atoms with E-state index in [1.165, 1.54) is 32.1 Å². The summed E-state index contributed by atoms with van der Waals surface area (Å²) in [6.07, 6.45) is 10.3. The minimum Gasteiger partial charge on any atom is -0.298 e. The van der Waals surface area contributed by atoms with Crippen LogP contribution >= 0.6 is 11.6 Å². The van der Waals surface area contributed by atoms with Gasteiger partial charge in [-0.25, -0.2) is 0 Å². The summed E-state index contributed by atoms with van der Waals surface area (Å²) in [4.78, 5) is 11.8. The molecule has 0 N–H and O–H groups in total. The summed E-state index contributed by atoms with van der Waals surface area (Å²) in [5, 5.41) is -0.215. The van der Waals surface area contributed by atoms with Crippen molar-refractivity contribution in [3.05, 3.63) is 0 Å². The van der Waals surface area contributed by atoms with Gasteiger partial charge in [0.2, 0.25) is 0 Å². The number of hydrogen-bond acceptors (Lipinski definition) is 1. The van der Waals surface area contributed by atoms with Crippen LogP contribution in [0.3, 0.4) is 0 Å². The molecule has 0 spiro atoms. The minimum atomic E-state index is -0.215. The van der Waals surface area contributed by atoms with Crippen molar-refractivity contribution in [1.29, 1.82) is 0 Å². The Morgan fingerprint density at radius 3 is 2.40 bits per heavy atom. The standard InChI is InChI=1S/C13H23ClO/c1-2-11-9-7-5-3-4-6-8-10-12(15)13(11)14/h11,13H,2-10H2,1H3. The quantitative estimate of drug-likeness (QED) is 0.613. The maximum absolute atomic E-state index is 11.8. The first kappa shape index (κ1) is 13.0. The highest BCUT2D eigenvalue weighted by atomic mass is 35.5. The van der Waals surface area contributed by atoms with Crippen LogP contribution in [-0.2, 0) is 4.79 Å². The van der Waals surface area contributed by atoms with Crippen LogP contribution in [0.5, 0.6) is 0 Å². The third kappa shape index (κ3) is 4.55. The second-order valence-electron chi connectivity index (χ2n) is 4.70. The van der Waals surface area contributed by atoms with Gasteiger partial charge >= 0.3 is 0 Å². The van der Waals surface area contributed by atoms with E-state index in [1.807, 2.05) is 0 Å². The van der Waals surface area contributed by atoms with Crippen LogP contribution in [0.1, 0.15) is 64.7 Å². The van der Waals surface area contributed by atoms with Crippen LogP contribution in [0, 0.1) is 5.92 Å². The fourth-order valence-corrected chi connectivity index (χ4v) is 2.78. The topological polar surface area (TPSA) is 17.1 Å². The summed E-state index contributed by atoms with van der Waals surface area (Å²) in [5.74, 6) is 0.697. The maximum Gasteiger partial charge on any atom is 0.150 e. The number of alkyl halides is 1. The molecule has 0 saturated heterocycles. The Bertz CT molecular complexity index is 191. The zero-order valence-electron chi connectivity index (χ0n) is 9.80. The highest BCUT2D eigenvalue weighted by molar-refractivity contribution is 6.31. The van der Waals surface area contributed by atoms with E-state index < -0.39 is 0 Å². The number of halogens is 1. The highest BCUT2D eigenvalue weighted by Gasteiger charge is 2.24. The molecule has 2 heteroatoms. The fraction of sp³-hybridized carbons (Fsp3) is 0.923. The molecule has 15 heavy (non-hydrogen) atoms. The van der Waals surface area contributed by atoms with Crippen molar-refractivity contribution < 1.29 is 4.79 Å². The van der Waals surface area contributed by atoms with Gasteiger partial charge in [-0.05, 0) is 18.8 Å².